The molecule has 21 heavy (non-hydrogen) atoms. The quantitative estimate of drug-likeness (QED) is 0.834. The average molecular weight is 295 g/mol. The average Bonchev–Trinajstić information content (AvgIpc) is 2.46. The van der Waals surface area contributed by atoms with Crippen molar-refractivity contribution < 1.29 is 4.79 Å². The second-order valence-corrected chi connectivity index (χ2v) is 7.30. The summed E-state index contributed by atoms with van der Waals surface area (Å²) in [5.74, 6) is 2.06. The molecule has 0 spiro atoms. The summed E-state index contributed by atoms with van der Waals surface area (Å²) in [7, 11) is 0. The molecule has 1 saturated heterocycles. The van der Waals surface area contributed by atoms with Crippen molar-refractivity contribution in [3.8, 4) is 0 Å². The fourth-order valence-corrected chi connectivity index (χ4v) is 3.94. The highest BCUT2D eigenvalue weighted by Gasteiger charge is 2.30. The van der Waals surface area contributed by atoms with Crippen molar-refractivity contribution in [1.82, 2.24) is 10.2 Å². The van der Waals surface area contributed by atoms with Crippen molar-refractivity contribution in [3.63, 3.8) is 0 Å². The Morgan fingerprint density at radius 2 is 2.05 bits per heavy atom. The van der Waals surface area contributed by atoms with Gasteiger partial charge < -0.3 is 11.1 Å². The summed E-state index contributed by atoms with van der Waals surface area (Å²) in [5, 5.41) is 3.28. The molecule has 1 aliphatic heterocycles. The fourth-order valence-electron chi connectivity index (χ4n) is 3.94. The van der Waals surface area contributed by atoms with E-state index in [1.807, 2.05) is 0 Å². The van der Waals surface area contributed by atoms with Crippen molar-refractivity contribution in [2.45, 2.75) is 65.0 Å². The molecule has 2 rings (SSSR count). The molecule has 2 fully saturated rings. The molecule has 0 aromatic carbocycles. The Morgan fingerprint density at radius 3 is 2.76 bits per heavy atom. The van der Waals surface area contributed by atoms with Crippen LogP contribution in [0, 0.1) is 17.8 Å². The second-order valence-electron chi connectivity index (χ2n) is 7.30. The Kier molecular flexibility index (Phi) is 6.06. The minimum Gasteiger partial charge on any atom is -0.352 e. The first kappa shape index (κ1) is 16.8. The fraction of sp³-hybridized carbons (Fsp3) is 0.941. The van der Waals surface area contributed by atoms with E-state index in [0.29, 0.717) is 30.5 Å². The van der Waals surface area contributed by atoms with E-state index in [1.54, 1.807) is 0 Å². The molecule has 0 aromatic heterocycles. The molecule has 3 N–H and O–H groups in total. The number of carbonyl (C=O) groups is 1. The van der Waals surface area contributed by atoms with E-state index >= 15 is 0 Å². The molecule has 0 aromatic rings. The minimum atomic E-state index is 0.200. The standard InChI is InChI=1S/C17H33N3O/c1-4-14-10-20(9-8-15(14)18)11-17(21)19-16-7-5-6-12(2)13(16)3/h12-16H,4-11,18H2,1-3H3,(H,19,21). The van der Waals surface area contributed by atoms with E-state index in [0.717, 1.165) is 38.3 Å². The summed E-state index contributed by atoms with van der Waals surface area (Å²) in [4.78, 5) is 14.6. The lowest BCUT2D eigenvalue weighted by Gasteiger charge is -2.37. The van der Waals surface area contributed by atoms with Crippen LogP contribution >= 0.6 is 0 Å². The number of likely N-dealkylation sites (tertiary alicyclic amines) is 1. The van der Waals surface area contributed by atoms with Crippen molar-refractivity contribution in [3.05, 3.63) is 0 Å². The van der Waals surface area contributed by atoms with Gasteiger partial charge in [0.25, 0.3) is 0 Å². The zero-order valence-corrected chi connectivity index (χ0v) is 14.0. The molecule has 4 heteroatoms. The SMILES string of the molecule is CCC1CN(CC(=O)NC2CCCC(C)C2C)CCC1N. The van der Waals surface area contributed by atoms with Crippen LogP contribution < -0.4 is 11.1 Å². The van der Waals surface area contributed by atoms with E-state index in [-0.39, 0.29) is 5.91 Å². The molecule has 1 aliphatic carbocycles. The maximum atomic E-state index is 12.3. The Morgan fingerprint density at radius 1 is 1.29 bits per heavy atom. The highest BCUT2D eigenvalue weighted by Crippen LogP contribution is 2.29. The molecule has 0 radical (unpaired) electrons. The van der Waals surface area contributed by atoms with Gasteiger partial charge >= 0.3 is 0 Å². The number of hydrogen-bond donors (Lipinski definition) is 2. The Bertz CT molecular complexity index is 347. The maximum Gasteiger partial charge on any atom is 0.234 e. The van der Waals surface area contributed by atoms with Gasteiger partial charge in [-0.1, -0.05) is 40.0 Å². The normalized spacial score (nSPS) is 38.2. The van der Waals surface area contributed by atoms with Gasteiger partial charge in [-0.2, -0.15) is 0 Å². The van der Waals surface area contributed by atoms with Gasteiger partial charge in [-0.3, -0.25) is 9.69 Å². The van der Waals surface area contributed by atoms with Crippen LogP contribution in [0.2, 0.25) is 0 Å². The summed E-state index contributed by atoms with van der Waals surface area (Å²) in [6, 6.07) is 0.684. The van der Waals surface area contributed by atoms with E-state index in [9.17, 15) is 4.79 Å². The summed E-state index contributed by atoms with van der Waals surface area (Å²) in [6.45, 7) is 9.26. The van der Waals surface area contributed by atoms with Crippen LogP contribution in [-0.4, -0.2) is 42.5 Å². The van der Waals surface area contributed by atoms with Gasteiger partial charge in [-0.05, 0) is 30.6 Å². The molecule has 1 heterocycles. The summed E-state index contributed by atoms with van der Waals surface area (Å²) in [5.41, 5.74) is 6.14. The van der Waals surface area contributed by atoms with Gasteiger partial charge in [0.05, 0.1) is 6.54 Å². The molecule has 1 saturated carbocycles. The molecule has 0 bridgehead atoms. The maximum absolute atomic E-state index is 12.3. The number of piperidine rings is 1. The number of nitrogens with two attached hydrogens (primary N) is 1. The summed E-state index contributed by atoms with van der Waals surface area (Å²) < 4.78 is 0. The predicted octanol–water partition coefficient (Wildman–Crippen LogP) is 1.99. The molecule has 5 unspecified atom stereocenters. The number of carbonyl (C=O) groups excluding carboxylic acids is 1. The summed E-state index contributed by atoms with van der Waals surface area (Å²) >= 11 is 0. The first-order valence-corrected chi connectivity index (χ1v) is 8.78. The second kappa shape index (κ2) is 7.59. The molecule has 122 valence electrons. The van der Waals surface area contributed by atoms with Crippen LogP contribution in [0.5, 0.6) is 0 Å². The lowest BCUT2D eigenvalue weighted by molar-refractivity contribution is -0.124. The number of nitrogens with one attached hydrogen (secondary N) is 1. The van der Waals surface area contributed by atoms with E-state index in [4.69, 9.17) is 5.73 Å². The monoisotopic (exact) mass is 295 g/mol. The van der Waals surface area contributed by atoms with Crippen LogP contribution in [0.25, 0.3) is 0 Å². The number of nitrogens with zero attached hydrogens (tertiary/aromatic N) is 1. The van der Waals surface area contributed by atoms with Crippen molar-refractivity contribution in [1.29, 1.82) is 0 Å². The lowest BCUT2D eigenvalue weighted by atomic mass is 9.78. The van der Waals surface area contributed by atoms with E-state index < -0.39 is 0 Å². The van der Waals surface area contributed by atoms with Gasteiger partial charge in [0.1, 0.15) is 0 Å². The zero-order chi connectivity index (χ0) is 15.4. The molecule has 2 aliphatic rings. The Balaban J connectivity index is 1.79. The van der Waals surface area contributed by atoms with Gasteiger partial charge in [-0.25, -0.2) is 0 Å². The number of rotatable bonds is 4. The smallest absolute Gasteiger partial charge is 0.234 e. The highest BCUT2D eigenvalue weighted by molar-refractivity contribution is 5.78. The third-order valence-electron chi connectivity index (χ3n) is 5.82. The molecule has 1 amide bonds. The first-order valence-electron chi connectivity index (χ1n) is 8.78. The van der Waals surface area contributed by atoms with Crippen molar-refractivity contribution in [2.24, 2.45) is 23.5 Å². The zero-order valence-electron chi connectivity index (χ0n) is 14.0. The van der Waals surface area contributed by atoms with Gasteiger partial charge in [0.2, 0.25) is 5.91 Å². The third-order valence-corrected chi connectivity index (χ3v) is 5.82. The minimum absolute atomic E-state index is 0.200. The van der Waals surface area contributed by atoms with Crippen LogP contribution in [0.3, 0.4) is 0 Å². The predicted molar refractivity (Wildman–Crippen MR) is 86.9 cm³/mol. The first-order chi connectivity index (χ1) is 10.0. The van der Waals surface area contributed by atoms with Gasteiger partial charge in [-0.15, -0.1) is 0 Å². The number of hydrogen-bond acceptors (Lipinski definition) is 3. The van der Waals surface area contributed by atoms with Crippen molar-refractivity contribution in [2.75, 3.05) is 19.6 Å². The number of amides is 1. The van der Waals surface area contributed by atoms with Crippen LogP contribution in [0.1, 0.15) is 52.9 Å². The van der Waals surface area contributed by atoms with Gasteiger partial charge in [0, 0.05) is 25.2 Å². The van der Waals surface area contributed by atoms with Crippen LogP contribution in [0.4, 0.5) is 0 Å². The lowest BCUT2D eigenvalue weighted by Crippen LogP contribution is -2.52. The molecule has 4 nitrogen and oxygen atoms in total. The molecular weight excluding hydrogens is 262 g/mol. The highest BCUT2D eigenvalue weighted by atomic mass is 16.2. The van der Waals surface area contributed by atoms with E-state index in [2.05, 4.69) is 31.0 Å². The largest absolute Gasteiger partial charge is 0.352 e. The van der Waals surface area contributed by atoms with E-state index in [1.165, 1.54) is 12.8 Å². The van der Waals surface area contributed by atoms with Crippen molar-refractivity contribution >= 4 is 5.91 Å². The third kappa shape index (κ3) is 4.43. The molecule has 5 atom stereocenters. The van der Waals surface area contributed by atoms with Gasteiger partial charge in [0.15, 0.2) is 0 Å². The van der Waals surface area contributed by atoms with Crippen LogP contribution in [-0.2, 0) is 4.79 Å². The Labute approximate surface area is 129 Å². The Hall–Kier alpha value is -0.610. The van der Waals surface area contributed by atoms with Crippen LogP contribution in [0.15, 0.2) is 0 Å². The molecular formula is C17H33N3O. The summed E-state index contributed by atoms with van der Waals surface area (Å²) in [6.07, 6.45) is 5.81. The topological polar surface area (TPSA) is 58.4 Å².